The van der Waals surface area contributed by atoms with Gasteiger partial charge in [0, 0.05) is 4.88 Å². The average Bonchev–Trinajstić information content (AvgIpc) is 2.84. The normalized spacial score (nSPS) is 14.2. The Kier molecular flexibility index (Phi) is 3.29. The Morgan fingerprint density at radius 3 is 2.47 bits per heavy atom. The molecule has 0 amide bonds. The number of benzene rings is 1. The summed E-state index contributed by atoms with van der Waals surface area (Å²) in [5.74, 6) is -0.774. The molecule has 0 radical (unpaired) electrons. The molecule has 0 aliphatic carbocycles. The van der Waals surface area contributed by atoms with Gasteiger partial charge in [-0.3, -0.25) is 4.79 Å². The van der Waals surface area contributed by atoms with Crippen molar-refractivity contribution in [1.82, 2.24) is 0 Å². The van der Waals surface area contributed by atoms with Crippen molar-refractivity contribution in [3.63, 3.8) is 0 Å². The van der Waals surface area contributed by atoms with E-state index in [-0.39, 0.29) is 0 Å². The number of carbonyl (C=O) groups is 1. The highest BCUT2D eigenvalue weighted by Gasteiger charge is 2.36. The topological polar surface area (TPSA) is 37.3 Å². The summed E-state index contributed by atoms with van der Waals surface area (Å²) in [6.07, 6.45) is 0.518. The molecular formula is C14H14O2S. The molecule has 0 aliphatic rings. The Hall–Kier alpha value is -1.61. The Labute approximate surface area is 105 Å². The summed E-state index contributed by atoms with van der Waals surface area (Å²) in [7, 11) is 0. The first-order chi connectivity index (χ1) is 8.13. The fourth-order valence-corrected chi connectivity index (χ4v) is 2.75. The Bertz CT molecular complexity index is 490. The molecule has 0 fully saturated rings. The minimum absolute atomic E-state index is 0.518. The van der Waals surface area contributed by atoms with Crippen LogP contribution < -0.4 is 0 Å². The number of hydrogen-bond donors (Lipinski definition) is 1. The van der Waals surface area contributed by atoms with Crippen molar-refractivity contribution >= 4 is 17.3 Å². The molecule has 1 heterocycles. The van der Waals surface area contributed by atoms with Crippen molar-refractivity contribution in [3.8, 4) is 0 Å². The number of thiophene rings is 1. The Morgan fingerprint density at radius 1 is 1.24 bits per heavy atom. The van der Waals surface area contributed by atoms with Crippen LogP contribution in [0.15, 0.2) is 47.8 Å². The molecule has 2 nitrogen and oxygen atoms in total. The summed E-state index contributed by atoms with van der Waals surface area (Å²) in [5, 5.41) is 11.4. The molecule has 1 aromatic carbocycles. The van der Waals surface area contributed by atoms with Crippen molar-refractivity contribution in [3.05, 3.63) is 58.3 Å². The summed E-state index contributed by atoms with van der Waals surface area (Å²) in [4.78, 5) is 12.4. The van der Waals surface area contributed by atoms with Crippen LogP contribution in [0.1, 0.15) is 17.4 Å². The van der Waals surface area contributed by atoms with Crippen LogP contribution in [0.3, 0.4) is 0 Å². The van der Waals surface area contributed by atoms with E-state index < -0.39 is 11.4 Å². The van der Waals surface area contributed by atoms with Gasteiger partial charge in [0.25, 0.3) is 0 Å². The maximum absolute atomic E-state index is 11.5. The molecule has 0 spiro atoms. The van der Waals surface area contributed by atoms with E-state index in [2.05, 4.69) is 0 Å². The van der Waals surface area contributed by atoms with Gasteiger partial charge in [-0.15, -0.1) is 11.3 Å². The average molecular weight is 246 g/mol. The van der Waals surface area contributed by atoms with Crippen LogP contribution in [0.5, 0.6) is 0 Å². The Morgan fingerprint density at radius 2 is 1.94 bits per heavy atom. The van der Waals surface area contributed by atoms with Gasteiger partial charge in [0.2, 0.25) is 0 Å². The van der Waals surface area contributed by atoms with E-state index in [4.69, 9.17) is 0 Å². The lowest BCUT2D eigenvalue weighted by molar-refractivity contribution is -0.143. The van der Waals surface area contributed by atoms with Crippen molar-refractivity contribution in [1.29, 1.82) is 0 Å². The van der Waals surface area contributed by atoms with Gasteiger partial charge in [0.1, 0.15) is 5.41 Å². The zero-order valence-corrected chi connectivity index (χ0v) is 10.4. The minimum Gasteiger partial charge on any atom is -0.481 e. The van der Waals surface area contributed by atoms with Gasteiger partial charge in [-0.25, -0.2) is 0 Å². The van der Waals surface area contributed by atoms with Crippen LogP contribution in [-0.2, 0) is 16.6 Å². The van der Waals surface area contributed by atoms with Gasteiger partial charge < -0.3 is 5.11 Å². The highest BCUT2D eigenvalue weighted by atomic mass is 32.1. The summed E-state index contributed by atoms with van der Waals surface area (Å²) < 4.78 is 0. The van der Waals surface area contributed by atoms with Crippen LogP contribution >= 0.6 is 11.3 Å². The highest BCUT2D eigenvalue weighted by molar-refractivity contribution is 7.10. The second-order valence-corrected chi connectivity index (χ2v) is 5.22. The second-order valence-electron chi connectivity index (χ2n) is 4.28. The number of carboxylic acid groups (broad SMARTS) is 1. The quantitative estimate of drug-likeness (QED) is 0.898. The van der Waals surface area contributed by atoms with E-state index in [1.807, 2.05) is 47.8 Å². The predicted molar refractivity (Wildman–Crippen MR) is 69.5 cm³/mol. The van der Waals surface area contributed by atoms with Gasteiger partial charge in [-0.05, 0) is 30.4 Å². The fraction of sp³-hybridized carbons (Fsp3) is 0.214. The third-order valence-electron chi connectivity index (χ3n) is 2.94. The first-order valence-corrected chi connectivity index (χ1v) is 6.32. The zero-order valence-electron chi connectivity index (χ0n) is 9.59. The minimum atomic E-state index is -0.838. The van der Waals surface area contributed by atoms with E-state index in [1.165, 1.54) is 11.3 Å². The molecule has 17 heavy (non-hydrogen) atoms. The smallest absolute Gasteiger partial charge is 0.315 e. The van der Waals surface area contributed by atoms with Crippen LogP contribution in [0.4, 0.5) is 0 Å². The summed E-state index contributed by atoms with van der Waals surface area (Å²) in [6.45, 7) is 1.79. The largest absolute Gasteiger partial charge is 0.481 e. The second kappa shape index (κ2) is 4.72. The SMILES string of the molecule is CC(Cc1ccccc1)(C(=O)O)c1cccs1. The molecule has 1 atom stereocenters. The van der Waals surface area contributed by atoms with Gasteiger partial charge in [0.05, 0.1) is 0 Å². The molecule has 2 rings (SSSR count). The van der Waals surface area contributed by atoms with Gasteiger partial charge in [-0.1, -0.05) is 36.4 Å². The molecule has 1 N–H and O–H groups in total. The molecule has 0 bridgehead atoms. The van der Waals surface area contributed by atoms with Crippen molar-refractivity contribution in [2.45, 2.75) is 18.8 Å². The molecule has 1 unspecified atom stereocenters. The van der Waals surface area contributed by atoms with Gasteiger partial charge in [0.15, 0.2) is 0 Å². The van der Waals surface area contributed by atoms with E-state index in [1.54, 1.807) is 6.92 Å². The monoisotopic (exact) mass is 246 g/mol. The van der Waals surface area contributed by atoms with Crippen LogP contribution in [0.2, 0.25) is 0 Å². The van der Waals surface area contributed by atoms with E-state index in [9.17, 15) is 9.90 Å². The fourth-order valence-electron chi connectivity index (χ4n) is 1.86. The molecule has 0 aliphatic heterocycles. The first kappa shape index (κ1) is 11.9. The maximum Gasteiger partial charge on any atom is 0.315 e. The van der Waals surface area contributed by atoms with Gasteiger partial charge in [-0.2, -0.15) is 0 Å². The van der Waals surface area contributed by atoms with Crippen LogP contribution in [-0.4, -0.2) is 11.1 Å². The molecule has 0 saturated carbocycles. The van der Waals surface area contributed by atoms with Crippen molar-refractivity contribution < 1.29 is 9.90 Å². The van der Waals surface area contributed by atoms with Crippen LogP contribution in [0.25, 0.3) is 0 Å². The standard InChI is InChI=1S/C14H14O2S/c1-14(13(15)16,12-8-5-9-17-12)10-11-6-3-2-4-7-11/h2-9H,10H2,1H3,(H,15,16). The maximum atomic E-state index is 11.5. The highest BCUT2D eigenvalue weighted by Crippen LogP contribution is 2.31. The summed E-state index contributed by atoms with van der Waals surface area (Å²) >= 11 is 1.50. The van der Waals surface area contributed by atoms with Crippen molar-refractivity contribution in [2.24, 2.45) is 0 Å². The van der Waals surface area contributed by atoms with E-state index in [0.29, 0.717) is 6.42 Å². The molecule has 0 saturated heterocycles. The van der Waals surface area contributed by atoms with Gasteiger partial charge >= 0.3 is 5.97 Å². The summed E-state index contributed by atoms with van der Waals surface area (Å²) in [5.41, 5.74) is 0.209. The molecule has 2 aromatic rings. The van der Waals surface area contributed by atoms with E-state index >= 15 is 0 Å². The number of hydrogen-bond acceptors (Lipinski definition) is 2. The lowest BCUT2D eigenvalue weighted by Gasteiger charge is -2.23. The number of rotatable bonds is 4. The third-order valence-corrected chi connectivity index (χ3v) is 4.07. The zero-order chi connectivity index (χ0) is 12.3. The Balaban J connectivity index is 2.34. The van der Waals surface area contributed by atoms with E-state index in [0.717, 1.165) is 10.4 Å². The summed E-state index contributed by atoms with van der Waals surface area (Å²) in [6, 6.07) is 13.5. The first-order valence-electron chi connectivity index (χ1n) is 5.44. The lowest BCUT2D eigenvalue weighted by Crippen LogP contribution is -2.33. The molecular weight excluding hydrogens is 232 g/mol. The molecule has 88 valence electrons. The third kappa shape index (κ3) is 2.39. The number of aliphatic carboxylic acids is 1. The predicted octanol–water partition coefficient (Wildman–Crippen LogP) is 3.33. The van der Waals surface area contributed by atoms with Crippen LogP contribution in [0, 0.1) is 0 Å². The number of carboxylic acids is 1. The molecule has 1 aromatic heterocycles. The lowest BCUT2D eigenvalue weighted by atomic mass is 9.82. The van der Waals surface area contributed by atoms with Crippen molar-refractivity contribution in [2.75, 3.05) is 0 Å². The molecule has 3 heteroatoms.